The van der Waals surface area contributed by atoms with Crippen molar-refractivity contribution in [2.45, 2.75) is 44.6 Å². The molecule has 0 spiro atoms. The third-order valence-corrected chi connectivity index (χ3v) is 5.61. The van der Waals surface area contributed by atoms with Gasteiger partial charge in [-0.1, -0.05) is 18.2 Å². The summed E-state index contributed by atoms with van der Waals surface area (Å²) in [7, 11) is 0. The van der Waals surface area contributed by atoms with Crippen LogP contribution in [0.2, 0.25) is 0 Å². The average molecular weight is 350 g/mol. The van der Waals surface area contributed by atoms with Crippen LogP contribution in [0.25, 0.3) is 0 Å². The molecule has 26 heavy (non-hydrogen) atoms. The molecular formula is C21H26N4O. The average Bonchev–Trinajstić information content (AvgIpc) is 3.17. The fourth-order valence-electron chi connectivity index (χ4n) is 4.14. The maximum atomic E-state index is 12.7. The van der Waals surface area contributed by atoms with Crippen molar-refractivity contribution in [1.29, 1.82) is 0 Å². The third-order valence-electron chi connectivity index (χ3n) is 5.61. The van der Waals surface area contributed by atoms with Crippen LogP contribution >= 0.6 is 0 Å². The van der Waals surface area contributed by atoms with E-state index >= 15 is 0 Å². The number of allylic oxidation sites excluding steroid dienone is 2. The SMILES string of the molecule is O=C(C1CC=CCC1)N1CCC(c2nccn2Cc2cccnc2)CC1. The van der Waals surface area contributed by atoms with Crippen LogP contribution in [0, 0.1) is 5.92 Å². The van der Waals surface area contributed by atoms with Crippen molar-refractivity contribution < 1.29 is 4.79 Å². The molecule has 2 aliphatic rings. The molecule has 0 saturated carbocycles. The minimum Gasteiger partial charge on any atom is -0.342 e. The Bertz CT molecular complexity index is 759. The van der Waals surface area contributed by atoms with E-state index in [2.05, 4.69) is 37.7 Å². The van der Waals surface area contributed by atoms with Gasteiger partial charge >= 0.3 is 0 Å². The molecule has 1 aliphatic carbocycles. The Hall–Kier alpha value is -2.43. The van der Waals surface area contributed by atoms with Gasteiger partial charge in [0.25, 0.3) is 0 Å². The van der Waals surface area contributed by atoms with Crippen LogP contribution in [0.1, 0.15) is 49.4 Å². The van der Waals surface area contributed by atoms with Crippen LogP contribution in [-0.2, 0) is 11.3 Å². The summed E-state index contributed by atoms with van der Waals surface area (Å²) in [5.74, 6) is 2.12. The number of hydrogen-bond donors (Lipinski definition) is 0. The van der Waals surface area contributed by atoms with Crippen LogP contribution in [0.15, 0.2) is 49.1 Å². The largest absolute Gasteiger partial charge is 0.342 e. The molecule has 1 atom stereocenters. The molecule has 5 nitrogen and oxygen atoms in total. The lowest BCUT2D eigenvalue weighted by Gasteiger charge is -2.34. The minimum absolute atomic E-state index is 0.198. The standard InChI is InChI=1S/C21H26N4O/c26-21(19-6-2-1-3-7-19)24-12-8-18(9-13-24)20-23-11-14-25(20)16-17-5-4-10-22-15-17/h1-2,4-5,10-11,14-15,18-19H,3,6-9,12-13,16H2. The maximum Gasteiger partial charge on any atom is 0.226 e. The second-order valence-corrected chi connectivity index (χ2v) is 7.36. The summed E-state index contributed by atoms with van der Waals surface area (Å²) in [5.41, 5.74) is 1.18. The summed E-state index contributed by atoms with van der Waals surface area (Å²) in [6, 6.07) is 4.06. The predicted octanol–water partition coefficient (Wildman–Crippen LogP) is 3.39. The van der Waals surface area contributed by atoms with Gasteiger partial charge in [0.15, 0.2) is 0 Å². The Morgan fingerprint density at radius 1 is 1.15 bits per heavy atom. The summed E-state index contributed by atoms with van der Waals surface area (Å²) in [5, 5.41) is 0. The molecule has 2 aromatic rings. The fraction of sp³-hybridized carbons (Fsp3) is 0.476. The van der Waals surface area contributed by atoms with Crippen LogP contribution in [0.5, 0.6) is 0 Å². The van der Waals surface area contributed by atoms with Gasteiger partial charge in [0.05, 0.1) is 6.54 Å². The molecule has 1 aliphatic heterocycles. The number of nitrogens with zero attached hydrogens (tertiary/aromatic N) is 4. The fourth-order valence-corrected chi connectivity index (χ4v) is 4.14. The normalized spacial score (nSPS) is 21.1. The lowest BCUT2D eigenvalue weighted by molar-refractivity contribution is -0.136. The molecular weight excluding hydrogens is 324 g/mol. The number of imidazole rings is 1. The Balaban J connectivity index is 1.37. The molecule has 0 aromatic carbocycles. The minimum atomic E-state index is 0.198. The quantitative estimate of drug-likeness (QED) is 0.794. The molecule has 1 fully saturated rings. The number of piperidine rings is 1. The van der Waals surface area contributed by atoms with E-state index in [-0.39, 0.29) is 5.92 Å². The molecule has 2 aromatic heterocycles. The smallest absolute Gasteiger partial charge is 0.226 e. The van der Waals surface area contributed by atoms with Gasteiger partial charge in [-0.05, 0) is 43.7 Å². The number of rotatable bonds is 4. The van der Waals surface area contributed by atoms with E-state index in [1.165, 1.54) is 5.56 Å². The first kappa shape index (κ1) is 17.0. The number of carbonyl (C=O) groups is 1. The highest BCUT2D eigenvalue weighted by Crippen LogP contribution is 2.29. The molecule has 3 heterocycles. The number of carbonyl (C=O) groups excluding carboxylic acids is 1. The summed E-state index contributed by atoms with van der Waals surface area (Å²) in [4.78, 5) is 23.6. The number of hydrogen-bond acceptors (Lipinski definition) is 3. The highest BCUT2D eigenvalue weighted by atomic mass is 16.2. The molecule has 1 unspecified atom stereocenters. The molecule has 4 rings (SSSR count). The van der Waals surface area contributed by atoms with E-state index < -0.39 is 0 Å². The van der Waals surface area contributed by atoms with Gasteiger partial charge < -0.3 is 9.47 Å². The number of aromatic nitrogens is 3. The molecule has 5 heteroatoms. The number of likely N-dealkylation sites (tertiary alicyclic amines) is 1. The van der Waals surface area contributed by atoms with Gasteiger partial charge in [0, 0.05) is 49.7 Å². The Morgan fingerprint density at radius 3 is 2.77 bits per heavy atom. The summed E-state index contributed by atoms with van der Waals surface area (Å²) >= 11 is 0. The van der Waals surface area contributed by atoms with E-state index in [1.54, 1.807) is 6.20 Å². The van der Waals surface area contributed by atoms with Crippen LogP contribution < -0.4 is 0 Å². The van der Waals surface area contributed by atoms with Crippen molar-refractivity contribution >= 4 is 5.91 Å². The van der Waals surface area contributed by atoms with Crippen molar-refractivity contribution in [2.24, 2.45) is 5.92 Å². The molecule has 0 bridgehead atoms. The number of pyridine rings is 1. The van der Waals surface area contributed by atoms with Crippen molar-refractivity contribution in [3.8, 4) is 0 Å². The van der Waals surface area contributed by atoms with Crippen molar-refractivity contribution in [1.82, 2.24) is 19.4 Å². The molecule has 1 saturated heterocycles. The Labute approximate surface area is 154 Å². The highest BCUT2D eigenvalue weighted by Gasteiger charge is 2.30. The Morgan fingerprint density at radius 2 is 2.04 bits per heavy atom. The number of amides is 1. The Kier molecular flexibility index (Phi) is 5.14. The van der Waals surface area contributed by atoms with Gasteiger partial charge in [-0.15, -0.1) is 0 Å². The molecule has 0 N–H and O–H groups in total. The first-order chi connectivity index (χ1) is 12.8. The van der Waals surface area contributed by atoms with E-state index in [4.69, 9.17) is 0 Å². The molecule has 136 valence electrons. The van der Waals surface area contributed by atoms with E-state index in [0.717, 1.165) is 57.6 Å². The van der Waals surface area contributed by atoms with Gasteiger partial charge in [-0.3, -0.25) is 9.78 Å². The zero-order chi connectivity index (χ0) is 17.8. The van der Waals surface area contributed by atoms with E-state index in [1.807, 2.05) is 24.7 Å². The second-order valence-electron chi connectivity index (χ2n) is 7.36. The predicted molar refractivity (Wildman–Crippen MR) is 101 cm³/mol. The monoisotopic (exact) mass is 350 g/mol. The van der Waals surface area contributed by atoms with Gasteiger partial charge in [-0.25, -0.2) is 4.98 Å². The zero-order valence-corrected chi connectivity index (χ0v) is 15.1. The maximum absolute atomic E-state index is 12.7. The second kappa shape index (κ2) is 7.85. The summed E-state index contributed by atoms with van der Waals surface area (Å²) in [6.45, 7) is 2.50. The van der Waals surface area contributed by atoms with Gasteiger partial charge in [-0.2, -0.15) is 0 Å². The van der Waals surface area contributed by atoms with Crippen LogP contribution in [-0.4, -0.2) is 38.4 Å². The summed E-state index contributed by atoms with van der Waals surface area (Å²) < 4.78 is 2.23. The topological polar surface area (TPSA) is 51.0 Å². The van der Waals surface area contributed by atoms with Crippen molar-refractivity contribution in [3.05, 3.63) is 60.5 Å². The lowest BCUT2D eigenvalue weighted by atomic mass is 9.90. The first-order valence-corrected chi connectivity index (χ1v) is 9.65. The van der Waals surface area contributed by atoms with Crippen LogP contribution in [0.4, 0.5) is 0 Å². The lowest BCUT2D eigenvalue weighted by Crippen LogP contribution is -2.41. The van der Waals surface area contributed by atoms with E-state index in [9.17, 15) is 4.79 Å². The molecule has 0 radical (unpaired) electrons. The van der Waals surface area contributed by atoms with Crippen LogP contribution in [0.3, 0.4) is 0 Å². The first-order valence-electron chi connectivity index (χ1n) is 9.65. The van der Waals surface area contributed by atoms with Gasteiger partial charge in [0.2, 0.25) is 5.91 Å². The van der Waals surface area contributed by atoms with Crippen molar-refractivity contribution in [2.75, 3.05) is 13.1 Å². The third kappa shape index (κ3) is 3.71. The molecule has 1 amide bonds. The summed E-state index contributed by atoms with van der Waals surface area (Å²) in [6.07, 6.45) is 16.9. The zero-order valence-electron chi connectivity index (χ0n) is 15.1. The van der Waals surface area contributed by atoms with E-state index in [0.29, 0.717) is 11.8 Å². The van der Waals surface area contributed by atoms with Crippen molar-refractivity contribution in [3.63, 3.8) is 0 Å². The highest BCUT2D eigenvalue weighted by molar-refractivity contribution is 5.79. The van der Waals surface area contributed by atoms with Gasteiger partial charge in [0.1, 0.15) is 5.82 Å².